The number of thiazole rings is 1. The normalized spacial score (nSPS) is 16.4. The number of hydrogen-bond acceptors (Lipinski definition) is 5. The minimum absolute atomic E-state index is 0. The molecule has 1 unspecified atom stereocenters. The fourth-order valence-corrected chi connectivity index (χ4v) is 3.74. The van der Waals surface area contributed by atoms with Crippen LogP contribution < -0.4 is 15.4 Å². The van der Waals surface area contributed by atoms with Crippen molar-refractivity contribution in [3.63, 3.8) is 0 Å². The van der Waals surface area contributed by atoms with E-state index in [1.807, 2.05) is 6.92 Å². The molecular formula is C21H31IN4O2S. The number of nitrogens with zero attached hydrogens (tertiary/aromatic N) is 2. The van der Waals surface area contributed by atoms with E-state index in [-0.39, 0.29) is 24.0 Å². The lowest BCUT2D eigenvalue weighted by Gasteiger charge is -2.17. The predicted molar refractivity (Wildman–Crippen MR) is 130 cm³/mol. The van der Waals surface area contributed by atoms with Gasteiger partial charge in [0.1, 0.15) is 5.75 Å². The van der Waals surface area contributed by atoms with Gasteiger partial charge in [-0.25, -0.2) is 4.98 Å². The topological polar surface area (TPSA) is 67.8 Å². The molecule has 1 fully saturated rings. The summed E-state index contributed by atoms with van der Waals surface area (Å²) in [4.78, 5) is 8.81. The summed E-state index contributed by atoms with van der Waals surface area (Å²) >= 11 is 1.69. The number of aliphatic imine (C=N–C) groups is 1. The van der Waals surface area contributed by atoms with Crippen molar-refractivity contribution in [1.82, 2.24) is 15.6 Å². The van der Waals surface area contributed by atoms with E-state index in [0.29, 0.717) is 19.1 Å². The molecule has 1 atom stereocenters. The van der Waals surface area contributed by atoms with Gasteiger partial charge in [0, 0.05) is 50.0 Å². The van der Waals surface area contributed by atoms with Gasteiger partial charge >= 0.3 is 0 Å². The number of nitrogens with one attached hydrogen (secondary N) is 2. The Morgan fingerprint density at radius 1 is 1.34 bits per heavy atom. The number of benzene rings is 1. The summed E-state index contributed by atoms with van der Waals surface area (Å²) in [7, 11) is 1.79. The lowest BCUT2D eigenvalue weighted by molar-refractivity contribution is 0.166. The molecular weight excluding hydrogens is 499 g/mol. The third-order valence-electron chi connectivity index (χ3n) is 4.73. The Morgan fingerprint density at radius 3 is 2.90 bits per heavy atom. The van der Waals surface area contributed by atoms with E-state index in [1.54, 1.807) is 18.4 Å². The number of aromatic nitrogens is 1. The second-order valence-electron chi connectivity index (χ2n) is 7.11. The van der Waals surface area contributed by atoms with Crippen LogP contribution >= 0.6 is 35.3 Å². The standard InChI is InChI=1S/C21H30N4O2S.HI/c1-15-4-5-18(20(10-15)27-13-17-7-9-26-12-17)11-24-21(22-3)23-8-6-19-14-28-16(2)25-19;/h4-5,10,14,17H,6-9,11-13H2,1-3H3,(H2,22,23,24);1H. The highest BCUT2D eigenvalue weighted by Crippen LogP contribution is 2.22. The van der Waals surface area contributed by atoms with Crippen molar-refractivity contribution in [3.8, 4) is 5.75 Å². The molecule has 160 valence electrons. The van der Waals surface area contributed by atoms with E-state index in [9.17, 15) is 0 Å². The molecule has 29 heavy (non-hydrogen) atoms. The van der Waals surface area contributed by atoms with Crippen molar-refractivity contribution in [1.29, 1.82) is 0 Å². The molecule has 2 aromatic rings. The number of rotatable bonds is 8. The molecule has 0 saturated carbocycles. The second kappa shape index (κ2) is 12.3. The zero-order valence-electron chi connectivity index (χ0n) is 17.4. The maximum atomic E-state index is 6.12. The Bertz CT molecular complexity index is 791. The highest BCUT2D eigenvalue weighted by Gasteiger charge is 2.17. The highest BCUT2D eigenvalue weighted by atomic mass is 127. The number of aryl methyl sites for hydroxylation is 2. The number of ether oxygens (including phenoxy) is 2. The van der Waals surface area contributed by atoms with Crippen LogP contribution in [0, 0.1) is 19.8 Å². The molecule has 1 aromatic heterocycles. The van der Waals surface area contributed by atoms with Gasteiger partial charge in [-0.3, -0.25) is 4.99 Å². The summed E-state index contributed by atoms with van der Waals surface area (Å²) in [5.74, 6) is 2.21. The van der Waals surface area contributed by atoms with E-state index in [1.165, 1.54) is 5.56 Å². The Hall–Kier alpha value is -1.39. The molecule has 0 amide bonds. The van der Waals surface area contributed by atoms with E-state index in [2.05, 4.69) is 51.1 Å². The van der Waals surface area contributed by atoms with Gasteiger partial charge in [0.25, 0.3) is 0 Å². The Labute approximate surface area is 194 Å². The molecule has 1 aliphatic heterocycles. The maximum absolute atomic E-state index is 6.12. The Kier molecular flexibility index (Phi) is 10.2. The first-order valence-electron chi connectivity index (χ1n) is 9.79. The van der Waals surface area contributed by atoms with Crippen molar-refractivity contribution < 1.29 is 9.47 Å². The van der Waals surface area contributed by atoms with Crippen molar-refractivity contribution in [2.24, 2.45) is 10.9 Å². The molecule has 0 bridgehead atoms. The summed E-state index contributed by atoms with van der Waals surface area (Å²) < 4.78 is 11.6. The van der Waals surface area contributed by atoms with E-state index in [0.717, 1.165) is 60.6 Å². The summed E-state index contributed by atoms with van der Waals surface area (Å²) in [5.41, 5.74) is 3.45. The van der Waals surface area contributed by atoms with Gasteiger partial charge in [0.15, 0.2) is 5.96 Å². The largest absolute Gasteiger partial charge is 0.493 e. The van der Waals surface area contributed by atoms with Crippen LogP contribution in [0.2, 0.25) is 0 Å². The zero-order chi connectivity index (χ0) is 19.8. The quantitative estimate of drug-likeness (QED) is 0.310. The first-order chi connectivity index (χ1) is 13.6. The van der Waals surface area contributed by atoms with Crippen molar-refractivity contribution >= 4 is 41.3 Å². The van der Waals surface area contributed by atoms with Gasteiger partial charge in [-0.15, -0.1) is 35.3 Å². The van der Waals surface area contributed by atoms with Crippen molar-refractivity contribution in [2.75, 3.05) is 33.4 Å². The molecule has 1 aromatic carbocycles. The Balaban J connectivity index is 0.00000300. The third kappa shape index (κ3) is 7.75. The summed E-state index contributed by atoms with van der Waals surface area (Å²) in [5, 5.41) is 9.95. The number of hydrogen-bond donors (Lipinski definition) is 2. The summed E-state index contributed by atoms with van der Waals surface area (Å²) in [6.45, 7) is 7.92. The molecule has 2 heterocycles. The average molecular weight is 530 g/mol. The molecule has 1 aliphatic rings. The molecule has 0 spiro atoms. The lowest BCUT2D eigenvalue weighted by Crippen LogP contribution is -2.38. The van der Waals surface area contributed by atoms with Gasteiger partial charge in [0.2, 0.25) is 0 Å². The van der Waals surface area contributed by atoms with Gasteiger partial charge in [-0.05, 0) is 31.9 Å². The molecule has 2 N–H and O–H groups in total. The van der Waals surface area contributed by atoms with Crippen LogP contribution in [-0.2, 0) is 17.7 Å². The molecule has 6 nitrogen and oxygen atoms in total. The predicted octanol–water partition coefficient (Wildman–Crippen LogP) is 3.70. The first kappa shape index (κ1) is 23.9. The summed E-state index contributed by atoms with van der Waals surface area (Å²) in [6.07, 6.45) is 1.96. The minimum atomic E-state index is 0. The van der Waals surface area contributed by atoms with Gasteiger partial charge < -0.3 is 20.1 Å². The second-order valence-corrected chi connectivity index (χ2v) is 8.17. The van der Waals surface area contributed by atoms with Crippen LogP contribution in [0.4, 0.5) is 0 Å². The number of guanidine groups is 1. The molecule has 8 heteroatoms. The van der Waals surface area contributed by atoms with Crippen LogP contribution in [0.1, 0.15) is 28.2 Å². The van der Waals surface area contributed by atoms with E-state index in [4.69, 9.17) is 9.47 Å². The van der Waals surface area contributed by atoms with E-state index >= 15 is 0 Å². The summed E-state index contributed by atoms with van der Waals surface area (Å²) in [6, 6.07) is 6.34. The maximum Gasteiger partial charge on any atom is 0.191 e. The van der Waals surface area contributed by atoms with Crippen molar-refractivity contribution in [3.05, 3.63) is 45.4 Å². The van der Waals surface area contributed by atoms with Gasteiger partial charge in [0.05, 0.1) is 23.9 Å². The molecule has 0 radical (unpaired) electrons. The van der Waals surface area contributed by atoms with Crippen molar-refractivity contribution in [2.45, 2.75) is 33.2 Å². The fourth-order valence-electron chi connectivity index (χ4n) is 3.10. The third-order valence-corrected chi connectivity index (χ3v) is 5.55. The fraction of sp³-hybridized carbons (Fsp3) is 0.524. The van der Waals surface area contributed by atoms with Crippen LogP contribution in [0.3, 0.4) is 0 Å². The smallest absolute Gasteiger partial charge is 0.191 e. The monoisotopic (exact) mass is 530 g/mol. The van der Waals surface area contributed by atoms with Crippen LogP contribution in [0.5, 0.6) is 5.75 Å². The SMILES string of the molecule is CN=C(NCCc1csc(C)n1)NCc1ccc(C)cc1OCC1CCOC1.I. The number of halogens is 1. The lowest BCUT2D eigenvalue weighted by atomic mass is 10.1. The Morgan fingerprint density at radius 2 is 2.21 bits per heavy atom. The minimum Gasteiger partial charge on any atom is -0.493 e. The zero-order valence-corrected chi connectivity index (χ0v) is 20.5. The van der Waals surface area contributed by atoms with Crippen LogP contribution in [0.15, 0.2) is 28.6 Å². The van der Waals surface area contributed by atoms with E-state index < -0.39 is 0 Å². The van der Waals surface area contributed by atoms with Crippen LogP contribution in [-0.4, -0.2) is 44.4 Å². The van der Waals surface area contributed by atoms with Crippen LogP contribution in [0.25, 0.3) is 0 Å². The first-order valence-corrected chi connectivity index (χ1v) is 10.7. The average Bonchev–Trinajstić information content (AvgIpc) is 3.35. The molecule has 0 aliphatic carbocycles. The molecule has 3 rings (SSSR count). The molecule has 1 saturated heterocycles. The van der Waals surface area contributed by atoms with Gasteiger partial charge in [-0.1, -0.05) is 12.1 Å². The van der Waals surface area contributed by atoms with Gasteiger partial charge in [-0.2, -0.15) is 0 Å². The highest BCUT2D eigenvalue weighted by molar-refractivity contribution is 14.0.